The number of halogens is 1. The highest BCUT2D eigenvalue weighted by Crippen LogP contribution is 2.29. The van der Waals surface area contributed by atoms with Gasteiger partial charge >= 0.3 is 0 Å². The Morgan fingerprint density at radius 3 is 2.38 bits per heavy atom. The first kappa shape index (κ1) is 10.5. The molecule has 0 aliphatic carbocycles. The van der Waals surface area contributed by atoms with Crippen LogP contribution in [0.2, 0.25) is 5.02 Å². The molecule has 0 aliphatic heterocycles. The molecular weight excluding hydrogens is 220 g/mol. The second-order valence-corrected chi connectivity index (χ2v) is 3.80. The highest BCUT2D eigenvalue weighted by atomic mass is 35.5. The second kappa shape index (κ2) is 4.26. The van der Waals surface area contributed by atoms with Crippen LogP contribution in [0.5, 0.6) is 0 Å². The average molecular weight is 229 g/mol. The van der Waals surface area contributed by atoms with Gasteiger partial charge in [0, 0.05) is 0 Å². The summed E-state index contributed by atoms with van der Waals surface area (Å²) >= 11 is 5.97. The van der Waals surface area contributed by atoms with Crippen molar-refractivity contribution in [1.29, 1.82) is 5.26 Å². The molecule has 0 saturated carbocycles. The van der Waals surface area contributed by atoms with Crippen molar-refractivity contribution in [2.75, 3.05) is 5.73 Å². The molecule has 2 nitrogen and oxygen atoms in total. The van der Waals surface area contributed by atoms with Gasteiger partial charge in [0.15, 0.2) is 0 Å². The van der Waals surface area contributed by atoms with Gasteiger partial charge in [-0.15, -0.1) is 0 Å². The van der Waals surface area contributed by atoms with Crippen molar-refractivity contribution in [3.63, 3.8) is 0 Å². The van der Waals surface area contributed by atoms with Gasteiger partial charge in [0.1, 0.15) is 6.07 Å². The van der Waals surface area contributed by atoms with Crippen LogP contribution < -0.4 is 5.73 Å². The number of rotatable bonds is 1. The van der Waals surface area contributed by atoms with Crippen LogP contribution in [0, 0.1) is 11.3 Å². The molecule has 2 aromatic rings. The van der Waals surface area contributed by atoms with Crippen molar-refractivity contribution in [3.05, 3.63) is 53.1 Å². The Balaban J connectivity index is 2.61. The van der Waals surface area contributed by atoms with Gasteiger partial charge in [0.2, 0.25) is 0 Å². The van der Waals surface area contributed by atoms with Crippen LogP contribution in [-0.2, 0) is 0 Å². The predicted octanol–water partition coefficient (Wildman–Crippen LogP) is 3.46. The van der Waals surface area contributed by atoms with Crippen LogP contribution in [0.1, 0.15) is 5.56 Å². The maximum Gasteiger partial charge on any atom is 0.101 e. The third-order valence-electron chi connectivity index (χ3n) is 2.36. The summed E-state index contributed by atoms with van der Waals surface area (Å²) in [7, 11) is 0. The third kappa shape index (κ3) is 1.86. The zero-order chi connectivity index (χ0) is 11.5. The molecule has 0 bridgehead atoms. The quantitative estimate of drug-likeness (QED) is 0.760. The Bertz CT molecular complexity index is 556. The second-order valence-electron chi connectivity index (χ2n) is 3.40. The number of anilines is 1. The molecule has 0 atom stereocenters. The molecule has 16 heavy (non-hydrogen) atoms. The third-order valence-corrected chi connectivity index (χ3v) is 2.67. The van der Waals surface area contributed by atoms with Crippen LogP contribution >= 0.6 is 11.6 Å². The number of nitrogens with zero attached hydrogens (tertiary/aromatic N) is 1. The normalized spacial score (nSPS) is 9.75. The summed E-state index contributed by atoms with van der Waals surface area (Å²) in [6.07, 6.45) is 0. The Labute approximate surface area is 98.9 Å². The van der Waals surface area contributed by atoms with E-state index < -0.39 is 0 Å². The van der Waals surface area contributed by atoms with E-state index >= 15 is 0 Å². The molecule has 0 unspecified atom stereocenters. The van der Waals surface area contributed by atoms with E-state index in [0.717, 1.165) is 11.1 Å². The number of benzene rings is 2. The highest BCUT2D eigenvalue weighted by molar-refractivity contribution is 6.33. The van der Waals surface area contributed by atoms with Gasteiger partial charge in [-0.25, -0.2) is 0 Å². The zero-order valence-corrected chi connectivity index (χ0v) is 9.20. The van der Waals surface area contributed by atoms with Crippen molar-refractivity contribution < 1.29 is 0 Å². The van der Waals surface area contributed by atoms with E-state index in [1.54, 1.807) is 12.1 Å². The van der Waals surface area contributed by atoms with E-state index in [2.05, 4.69) is 0 Å². The van der Waals surface area contributed by atoms with Crippen LogP contribution in [0.3, 0.4) is 0 Å². The smallest absolute Gasteiger partial charge is 0.101 e. The fourth-order valence-corrected chi connectivity index (χ4v) is 1.73. The minimum absolute atomic E-state index is 0.337. The maximum atomic E-state index is 8.93. The van der Waals surface area contributed by atoms with E-state index in [0.29, 0.717) is 16.3 Å². The molecule has 0 aromatic heterocycles. The number of nitriles is 1. The molecule has 0 saturated heterocycles. The van der Waals surface area contributed by atoms with Crippen LogP contribution in [-0.4, -0.2) is 0 Å². The first-order chi connectivity index (χ1) is 7.72. The van der Waals surface area contributed by atoms with Gasteiger partial charge in [0.05, 0.1) is 16.3 Å². The first-order valence-electron chi connectivity index (χ1n) is 4.77. The molecule has 3 heteroatoms. The summed E-state index contributed by atoms with van der Waals surface area (Å²) in [6.45, 7) is 0. The zero-order valence-electron chi connectivity index (χ0n) is 8.44. The maximum absolute atomic E-state index is 8.93. The lowest BCUT2D eigenvalue weighted by atomic mass is 10.0. The lowest BCUT2D eigenvalue weighted by Crippen LogP contribution is -1.92. The van der Waals surface area contributed by atoms with E-state index in [-0.39, 0.29) is 0 Å². The molecule has 2 rings (SSSR count). The predicted molar refractivity (Wildman–Crippen MR) is 66.0 cm³/mol. The van der Waals surface area contributed by atoms with Crippen LogP contribution in [0.4, 0.5) is 5.69 Å². The van der Waals surface area contributed by atoms with Crippen LogP contribution in [0.15, 0.2) is 42.5 Å². The van der Waals surface area contributed by atoms with Gasteiger partial charge in [-0.2, -0.15) is 5.26 Å². The minimum atomic E-state index is 0.337. The lowest BCUT2D eigenvalue weighted by molar-refractivity contribution is 1.48. The molecule has 78 valence electrons. The van der Waals surface area contributed by atoms with Crippen molar-refractivity contribution in [1.82, 2.24) is 0 Å². The molecule has 0 fully saturated rings. The molecule has 0 spiro atoms. The van der Waals surface area contributed by atoms with E-state index in [1.165, 1.54) is 0 Å². The monoisotopic (exact) mass is 228 g/mol. The summed E-state index contributed by atoms with van der Waals surface area (Å²) < 4.78 is 0. The summed E-state index contributed by atoms with van der Waals surface area (Å²) in [5, 5.41) is 9.34. The summed E-state index contributed by atoms with van der Waals surface area (Å²) in [4.78, 5) is 0. The molecule has 2 aromatic carbocycles. The highest BCUT2D eigenvalue weighted by Gasteiger charge is 2.07. The largest absolute Gasteiger partial charge is 0.396 e. The van der Waals surface area contributed by atoms with Gasteiger partial charge in [-0.3, -0.25) is 0 Å². The summed E-state index contributed by atoms with van der Waals surface area (Å²) in [5.41, 5.74) is 8.35. The summed E-state index contributed by atoms with van der Waals surface area (Å²) in [5.74, 6) is 0. The SMILES string of the molecule is N#Cc1cc(-c2ccccc2)cc(Cl)c1N. The Kier molecular flexibility index (Phi) is 2.80. The van der Waals surface area contributed by atoms with E-state index in [4.69, 9.17) is 22.6 Å². The van der Waals surface area contributed by atoms with E-state index in [9.17, 15) is 0 Å². The Morgan fingerprint density at radius 2 is 1.75 bits per heavy atom. The minimum Gasteiger partial charge on any atom is -0.396 e. The molecule has 0 amide bonds. The molecule has 0 radical (unpaired) electrons. The number of hydrogen-bond acceptors (Lipinski definition) is 2. The van der Waals surface area contributed by atoms with Gasteiger partial charge < -0.3 is 5.73 Å². The van der Waals surface area contributed by atoms with Gasteiger partial charge in [-0.05, 0) is 23.3 Å². The van der Waals surface area contributed by atoms with Crippen molar-refractivity contribution in [2.45, 2.75) is 0 Å². The topological polar surface area (TPSA) is 49.8 Å². The average Bonchev–Trinajstić information content (AvgIpc) is 2.33. The lowest BCUT2D eigenvalue weighted by Gasteiger charge is -2.06. The molecular formula is C13H9ClN2. The van der Waals surface area contributed by atoms with Crippen molar-refractivity contribution in [3.8, 4) is 17.2 Å². The standard InChI is InChI=1S/C13H9ClN2/c14-12-7-10(6-11(8-15)13(12)16)9-4-2-1-3-5-9/h1-7H,16H2. The first-order valence-corrected chi connectivity index (χ1v) is 5.14. The Hall–Kier alpha value is -1.98. The number of nitrogen functional groups attached to an aromatic ring is 1. The Morgan fingerprint density at radius 1 is 1.06 bits per heavy atom. The van der Waals surface area contributed by atoms with Crippen molar-refractivity contribution >= 4 is 17.3 Å². The fraction of sp³-hybridized carbons (Fsp3) is 0. The molecule has 0 heterocycles. The number of nitrogens with two attached hydrogens (primary N) is 1. The molecule has 0 aliphatic rings. The number of hydrogen-bond donors (Lipinski definition) is 1. The van der Waals surface area contributed by atoms with Crippen LogP contribution in [0.25, 0.3) is 11.1 Å². The van der Waals surface area contributed by atoms with E-state index in [1.807, 2.05) is 36.4 Å². The van der Waals surface area contributed by atoms with Gasteiger partial charge in [-0.1, -0.05) is 41.9 Å². The fourth-order valence-electron chi connectivity index (χ4n) is 1.51. The molecule has 2 N–H and O–H groups in total. The summed E-state index contributed by atoms with van der Waals surface area (Å²) in [6, 6.07) is 15.3. The van der Waals surface area contributed by atoms with Crippen molar-refractivity contribution in [2.24, 2.45) is 0 Å². The van der Waals surface area contributed by atoms with Gasteiger partial charge in [0.25, 0.3) is 0 Å².